The third-order valence-electron chi connectivity index (χ3n) is 4.36. The smallest absolute Gasteiger partial charge is 0.227 e. The predicted molar refractivity (Wildman–Crippen MR) is 103 cm³/mol. The summed E-state index contributed by atoms with van der Waals surface area (Å²) in [5.74, 6) is 0.114. The van der Waals surface area contributed by atoms with Crippen LogP contribution in [-0.2, 0) is 13.1 Å². The molecule has 2 heterocycles. The monoisotopic (exact) mass is 346 g/mol. The van der Waals surface area contributed by atoms with Crippen molar-refractivity contribution in [3.05, 3.63) is 89.0 Å². The number of hydrogen-bond acceptors (Lipinski definition) is 3. The Hall–Kier alpha value is -3.01. The quantitative estimate of drug-likeness (QED) is 0.546. The summed E-state index contributed by atoms with van der Waals surface area (Å²) in [5, 5.41) is 3.39. The number of hydrogen-bond donors (Lipinski definition) is 1. The molecule has 0 fully saturated rings. The molecule has 3 aromatic rings. The van der Waals surface area contributed by atoms with Crippen LogP contribution >= 0.6 is 0 Å². The van der Waals surface area contributed by atoms with Gasteiger partial charge in [-0.15, -0.1) is 0 Å². The van der Waals surface area contributed by atoms with Crippen LogP contribution in [-0.4, -0.2) is 10.8 Å². The molecular formula is C22H24N3O+. The van der Waals surface area contributed by atoms with Crippen molar-refractivity contribution in [2.24, 2.45) is 0 Å². The highest BCUT2D eigenvalue weighted by atomic mass is 16.1. The van der Waals surface area contributed by atoms with Crippen LogP contribution in [0.4, 0.5) is 5.69 Å². The number of carbonyl (C=O) groups is 1. The lowest BCUT2D eigenvalue weighted by molar-refractivity contribution is -0.689. The Morgan fingerprint density at radius 2 is 1.81 bits per heavy atom. The maximum atomic E-state index is 12.5. The van der Waals surface area contributed by atoms with E-state index in [1.165, 1.54) is 0 Å². The van der Waals surface area contributed by atoms with Crippen molar-refractivity contribution in [2.45, 2.75) is 33.9 Å². The highest BCUT2D eigenvalue weighted by Crippen LogP contribution is 2.10. The number of aromatic nitrogens is 2. The summed E-state index contributed by atoms with van der Waals surface area (Å²) in [6.07, 6.45) is 1.95. The van der Waals surface area contributed by atoms with E-state index in [1.807, 2.05) is 80.1 Å². The maximum absolute atomic E-state index is 12.5. The molecule has 4 nitrogen and oxygen atoms in total. The first-order chi connectivity index (χ1) is 12.5. The van der Waals surface area contributed by atoms with Gasteiger partial charge in [0.2, 0.25) is 12.3 Å². The van der Waals surface area contributed by atoms with E-state index in [0.717, 1.165) is 33.9 Å². The van der Waals surface area contributed by atoms with E-state index in [2.05, 4.69) is 16.4 Å². The Bertz CT molecular complexity index is 917. The van der Waals surface area contributed by atoms with Crippen molar-refractivity contribution in [1.82, 2.24) is 4.98 Å². The van der Waals surface area contributed by atoms with E-state index in [1.54, 1.807) is 0 Å². The van der Waals surface area contributed by atoms with E-state index >= 15 is 0 Å². The highest BCUT2D eigenvalue weighted by Gasteiger charge is 2.15. The fourth-order valence-corrected chi connectivity index (χ4v) is 2.81. The van der Waals surface area contributed by atoms with Gasteiger partial charge in [-0.25, -0.2) is 0 Å². The number of rotatable bonds is 6. The Morgan fingerprint density at radius 1 is 1.04 bits per heavy atom. The zero-order chi connectivity index (χ0) is 18.5. The molecule has 26 heavy (non-hydrogen) atoms. The van der Waals surface area contributed by atoms with Gasteiger partial charge < -0.3 is 5.32 Å². The molecule has 3 rings (SSSR count). The van der Waals surface area contributed by atoms with Crippen molar-refractivity contribution in [3.63, 3.8) is 0 Å². The molecule has 0 unspecified atom stereocenters. The first kappa shape index (κ1) is 17.8. The molecule has 0 radical (unpaired) electrons. The van der Waals surface area contributed by atoms with Gasteiger partial charge in [0.05, 0.1) is 12.2 Å². The number of benzene rings is 1. The SMILES string of the molecule is Cc1ccc(C(=O)C[n+]2ccc(NCc3cccc(C)n3)cc2C)cc1. The topological polar surface area (TPSA) is 45.9 Å². The van der Waals surface area contributed by atoms with Crippen LogP contribution in [0.1, 0.15) is 33.0 Å². The minimum atomic E-state index is 0.114. The van der Waals surface area contributed by atoms with Gasteiger partial charge in [0.1, 0.15) is 0 Å². The normalized spacial score (nSPS) is 10.6. The second-order valence-corrected chi connectivity index (χ2v) is 6.60. The molecule has 0 saturated carbocycles. The number of aryl methyl sites for hydroxylation is 3. The molecule has 2 aromatic heterocycles. The van der Waals surface area contributed by atoms with E-state index in [9.17, 15) is 4.79 Å². The largest absolute Gasteiger partial charge is 0.379 e. The second kappa shape index (κ2) is 7.91. The zero-order valence-electron chi connectivity index (χ0n) is 15.5. The summed E-state index contributed by atoms with van der Waals surface area (Å²) in [6, 6.07) is 17.8. The van der Waals surface area contributed by atoms with E-state index < -0.39 is 0 Å². The first-order valence-corrected chi connectivity index (χ1v) is 8.77. The minimum absolute atomic E-state index is 0.114. The molecule has 1 aromatic carbocycles. The molecule has 0 saturated heterocycles. The fraction of sp³-hybridized carbons (Fsp3) is 0.227. The van der Waals surface area contributed by atoms with Crippen molar-refractivity contribution in [1.29, 1.82) is 0 Å². The third kappa shape index (κ3) is 4.54. The van der Waals surface area contributed by atoms with Gasteiger partial charge in [-0.3, -0.25) is 9.78 Å². The lowest BCUT2D eigenvalue weighted by Crippen LogP contribution is -2.40. The minimum Gasteiger partial charge on any atom is -0.379 e. The van der Waals surface area contributed by atoms with Gasteiger partial charge in [0, 0.05) is 36.0 Å². The van der Waals surface area contributed by atoms with Gasteiger partial charge >= 0.3 is 0 Å². The molecule has 4 heteroatoms. The Morgan fingerprint density at radius 3 is 2.50 bits per heavy atom. The van der Waals surface area contributed by atoms with Crippen LogP contribution in [0.15, 0.2) is 60.8 Å². The molecule has 0 aliphatic heterocycles. The lowest BCUT2D eigenvalue weighted by Gasteiger charge is -2.07. The summed E-state index contributed by atoms with van der Waals surface area (Å²) >= 11 is 0. The van der Waals surface area contributed by atoms with Gasteiger partial charge in [-0.05, 0) is 26.0 Å². The average Bonchev–Trinajstić information content (AvgIpc) is 2.62. The maximum Gasteiger partial charge on any atom is 0.227 e. The number of carbonyl (C=O) groups excluding carboxylic acids is 1. The summed E-state index contributed by atoms with van der Waals surface area (Å²) in [7, 11) is 0. The van der Waals surface area contributed by atoms with Gasteiger partial charge in [-0.1, -0.05) is 35.9 Å². The van der Waals surface area contributed by atoms with Crippen molar-refractivity contribution in [2.75, 3.05) is 5.32 Å². The van der Waals surface area contributed by atoms with Crippen LogP contribution in [0, 0.1) is 20.8 Å². The molecule has 0 aliphatic carbocycles. The number of nitrogens with zero attached hydrogens (tertiary/aromatic N) is 2. The Kier molecular flexibility index (Phi) is 5.42. The zero-order valence-corrected chi connectivity index (χ0v) is 15.5. The summed E-state index contributed by atoms with van der Waals surface area (Å²) < 4.78 is 1.97. The molecule has 1 N–H and O–H groups in total. The number of anilines is 1. The third-order valence-corrected chi connectivity index (χ3v) is 4.36. The summed E-state index contributed by atoms with van der Waals surface area (Å²) in [4.78, 5) is 17.0. The van der Waals surface area contributed by atoms with Gasteiger partial charge in [0.25, 0.3) is 0 Å². The fourth-order valence-electron chi connectivity index (χ4n) is 2.81. The first-order valence-electron chi connectivity index (χ1n) is 8.77. The van der Waals surface area contributed by atoms with Gasteiger partial charge in [0.15, 0.2) is 11.9 Å². The molecule has 0 spiro atoms. The summed E-state index contributed by atoms with van der Waals surface area (Å²) in [5.41, 5.74) is 5.98. The molecule has 132 valence electrons. The van der Waals surface area contributed by atoms with Gasteiger partial charge in [-0.2, -0.15) is 4.57 Å². The molecule has 0 amide bonds. The van der Waals surface area contributed by atoms with E-state index in [4.69, 9.17) is 0 Å². The number of ketones is 1. The molecule has 0 bridgehead atoms. The van der Waals surface area contributed by atoms with Crippen LogP contribution in [0.2, 0.25) is 0 Å². The number of nitrogens with one attached hydrogen (secondary N) is 1. The predicted octanol–water partition coefficient (Wildman–Crippen LogP) is 3.79. The van der Waals surface area contributed by atoms with Crippen molar-refractivity contribution in [3.8, 4) is 0 Å². The average molecular weight is 346 g/mol. The molecular weight excluding hydrogens is 322 g/mol. The van der Waals surface area contributed by atoms with Crippen LogP contribution in [0.25, 0.3) is 0 Å². The standard InChI is InChI=1S/C22H23N3O/c1-16-7-9-19(10-8-16)22(26)15-25-12-11-20(13-18(25)3)23-14-21-6-4-5-17(2)24-21/h4-13H,14-15H2,1-3H3/p+1. The van der Waals surface area contributed by atoms with Crippen molar-refractivity contribution < 1.29 is 9.36 Å². The van der Waals surface area contributed by atoms with Crippen molar-refractivity contribution >= 4 is 11.5 Å². The van der Waals surface area contributed by atoms with Crippen LogP contribution in [0.5, 0.6) is 0 Å². The van der Waals surface area contributed by atoms with Crippen LogP contribution < -0.4 is 9.88 Å². The number of Topliss-reactive ketones (excluding diaryl/α,β-unsaturated/α-hetero) is 1. The van der Waals surface area contributed by atoms with Crippen LogP contribution in [0.3, 0.4) is 0 Å². The number of pyridine rings is 2. The van der Waals surface area contributed by atoms with E-state index in [-0.39, 0.29) is 5.78 Å². The Labute approximate surface area is 154 Å². The Balaban J connectivity index is 1.65. The van der Waals surface area contributed by atoms with E-state index in [0.29, 0.717) is 13.1 Å². The highest BCUT2D eigenvalue weighted by molar-refractivity contribution is 5.95. The lowest BCUT2D eigenvalue weighted by atomic mass is 10.1. The summed E-state index contributed by atoms with van der Waals surface area (Å²) in [6.45, 7) is 7.04. The molecule has 0 aliphatic rings. The second-order valence-electron chi connectivity index (χ2n) is 6.60. The molecule has 0 atom stereocenters.